The van der Waals surface area contributed by atoms with Crippen LogP contribution in [0.25, 0.3) is 0 Å². The number of allylic oxidation sites excluding steroid dienone is 2. The van der Waals surface area contributed by atoms with Crippen LogP contribution in [0.15, 0.2) is 12.2 Å². The summed E-state index contributed by atoms with van der Waals surface area (Å²) in [7, 11) is 0. The summed E-state index contributed by atoms with van der Waals surface area (Å²) >= 11 is 0. The second-order valence-corrected chi connectivity index (χ2v) is 9.61. The molecule has 0 heterocycles. The molecule has 8 atom stereocenters. The van der Waals surface area contributed by atoms with E-state index in [2.05, 4.69) is 6.92 Å². The molecule has 5 nitrogen and oxygen atoms in total. The first kappa shape index (κ1) is 18.3. The Kier molecular flexibility index (Phi) is 4.04. The number of rotatable bonds is 2. The van der Waals surface area contributed by atoms with Crippen LogP contribution in [-0.4, -0.2) is 45.2 Å². The van der Waals surface area contributed by atoms with Crippen LogP contribution in [0.3, 0.4) is 0 Å². The van der Waals surface area contributed by atoms with E-state index in [-0.39, 0.29) is 47.1 Å². The van der Waals surface area contributed by atoms with E-state index in [1.807, 2.05) is 13.0 Å². The molecule has 0 amide bonds. The molecule has 4 rings (SSSR count). The molecule has 26 heavy (non-hydrogen) atoms. The van der Waals surface area contributed by atoms with Gasteiger partial charge in [0.1, 0.15) is 11.9 Å². The summed E-state index contributed by atoms with van der Waals surface area (Å²) in [5.41, 5.74) is -2.40. The van der Waals surface area contributed by atoms with Gasteiger partial charge in [-0.1, -0.05) is 19.9 Å². The number of ketones is 2. The predicted octanol–water partition coefficient (Wildman–Crippen LogP) is 1.64. The average Bonchev–Trinajstić information content (AvgIpc) is 2.86. The van der Waals surface area contributed by atoms with Crippen molar-refractivity contribution in [1.29, 1.82) is 0 Å². The standard InChI is InChI=1S/C21H30O5/c1-19-7-5-13(23)9-12(19)3-4-14-15-6-8-21(26,17(25)11-22)20(15,2)10-16(24)18(14)19/h5,7,12,14-15,17-18,22,25-26H,3-4,6,8-11H2,1-2H3/t12?,14-,15-,17?,18+,19-,20-,21-/m0/s1. The van der Waals surface area contributed by atoms with E-state index >= 15 is 0 Å². The monoisotopic (exact) mass is 362 g/mol. The summed E-state index contributed by atoms with van der Waals surface area (Å²) < 4.78 is 0. The minimum absolute atomic E-state index is 0.114. The molecule has 0 aromatic heterocycles. The number of aliphatic hydroxyl groups excluding tert-OH is 2. The van der Waals surface area contributed by atoms with Crippen molar-refractivity contribution in [2.75, 3.05) is 6.61 Å². The molecule has 144 valence electrons. The van der Waals surface area contributed by atoms with Crippen molar-refractivity contribution < 1.29 is 24.9 Å². The molecule has 4 aliphatic rings. The molecule has 0 bridgehead atoms. The SMILES string of the molecule is C[C@]12C=CC(=O)CC1CC[C@@H]1[C@@H]2C(=O)C[C@@]2(C)[C@H]1CC[C@]2(O)C(O)CO. The van der Waals surface area contributed by atoms with Crippen molar-refractivity contribution in [3.05, 3.63) is 12.2 Å². The summed E-state index contributed by atoms with van der Waals surface area (Å²) in [6.07, 6.45) is 6.17. The number of fused-ring (bicyclic) bond motifs is 5. The topological polar surface area (TPSA) is 94.8 Å². The van der Waals surface area contributed by atoms with Crippen molar-refractivity contribution in [3.63, 3.8) is 0 Å². The first-order valence-electron chi connectivity index (χ1n) is 9.93. The minimum Gasteiger partial charge on any atom is -0.394 e. The van der Waals surface area contributed by atoms with Gasteiger partial charge in [-0.25, -0.2) is 0 Å². The van der Waals surface area contributed by atoms with E-state index in [0.29, 0.717) is 12.8 Å². The number of carbonyl (C=O) groups is 2. The lowest BCUT2D eigenvalue weighted by atomic mass is 9.45. The maximum absolute atomic E-state index is 13.3. The molecule has 4 aliphatic carbocycles. The van der Waals surface area contributed by atoms with E-state index < -0.39 is 23.7 Å². The zero-order valence-corrected chi connectivity index (χ0v) is 15.6. The fraction of sp³-hybridized carbons (Fsp3) is 0.810. The van der Waals surface area contributed by atoms with Gasteiger partial charge in [0.25, 0.3) is 0 Å². The van der Waals surface area contributed by atoms with E-state index in [1.54, 1.807) is 6.08 Å². The molecule has 0 radical (unpaired) electrons. The number of Topliss-reactive ketones (excluding diaryl/α,β-unsaturated/α-hetero) is 1. The van der Waals surface area contributed by atoms with E-state index in [0.717, 1.165) is 19.3 Å². The van der Waals surface area contributed by atoms with E-state index in [1.165, 1.54) is 0 Å². The Bertz CT molecular complexity index is 671. The van der Waals surface area contributed by atoms with Gasteiger partial charge in [0.05, 0.1) is 12.2 Å². The first-order valence-corrected chi connectivity index (χ1v) is 9.93. The second kappa shape index (κ2) is 5.73. The fourth-order valence-electron chi connectivity index (χ4n) is 7.19. The van der Waals surface area contributed by atoms with Crippen LogP contribution in [0.5, 0.6) is 0 Å². The lowest BCUT2D eigenvalue weighted by molar-refractivity contribution is -0.190. The quantitative estimate of drug-likeness (QED) is 0.694. The molecule has 0 saturated heterocycles. The largest absolute Gasteiger partial charge is 0.394 e. The number of hydrogen-bond acceptors (Lipinski definition) is 5. The smallest absolute Gasteiger partial charge is 0.155 e. The summed E-state index contributed by atoms with van der Waals surface area (Å²) in [5.74, 6) is 0.724. The Hall–Kier alpha value is -1.04. The van der Waals surface area contributed by atoms with Crippen LogP contribution in [0.2, 0.25) is 0 Å². The minimum atomic E-state index is -1.41. The number of hydrogen-bond donors (Lipinski definition) is 3. The van der Waals surface area contributed by atoms with E-state index in [4.69, 9.17) is 0 Å². The fourth-order valence-corrected chi connectivity index (χ4v) is 7.19. The molecule has 0 aromatic carbocycles. The third-order valence-electron chi connectivity index (χ3n) is 8.68. The van der Waals surface area contributed by atoms with Gasteiger partial charge in [-0.15, -0.1) is 0 Å². The predicted molar refractivity (Wildman–Crippen MR) is 95.1 cm³/mol. The second-order valence-electron chi connectivity index (χ2n) is 9.61. The van der Waals surface area contributed by atoms with Crippen molar-refractivity contribution in [2.24, 2.45) is 34.5 Å². The van der Waals surface area contributed by atoms with Gasteiger partial charge in [-0.2, -0.15) is 0 Å². The maximum Gasteiger partial charge on any atom is 0.155 e. The summed E-state index contributed by atoms with van der Waals surface area (Å²) in [6.45, 7) is 3.56. The van der Waals surface area contributed by atoms with Gasteiger partial charge in [0.15, 0.2) is 5.78 Å². The third-order valence-corrected chi connectivity index (χ3v) is 8.68. The zero-order chi connectivity index (χ0) is 18.9. The molecule has 2 unspecified atom stereocenters. The molecular weight excluding hydrogens is 332 g/mol. The molecule has 0 aliphatic heterocycles. The van der Waals surface area contributed by atoms with Gasteiger partial charge >= 0.3 is 0 Å². The zero-order valence-electron chi connectivity index (χ0n) is 15.6. The van der Waals surface area contributed by atoms with Gasteiger partial charge < -0.3 is 15.3 Å². The third kappa shape index (κ3) is 2.14. The van der Waals surface area contributed by atoms with Crippen LogP contribution >= 0.6 is 0 Å². The van der Waals surface area contributed by atoms with Crippen molar-refractivity contribution >= 4 is 11.6 Å². The molecular formula is C21H30O5. The Morgan fingerprint density at radius 1 is 1.23 bits per heavy atom. The van der Waals surface area contributed by atoms with Crippen LogP contribution in [0.4, 0.5) is 0 Å². The molecule has 3 saturated carbocycles. The lowest BCUT2D eigenvalue weighted by Crippen LogP contribution is -2.62. The number of carbonyl (C=O) groups excluding carboxylic acids is 2. The van der Waals surface area contributed by atoms with E-state index in [9.17, 15) is 24.9 Å². The van der Waals surface area contributed by atoms with Crippen LogP contribution in [-0.2, 0) is 9.59 Å². The van der Waals surface area contributed by atoms with Gasteiger partial charge in [-0.05, 0) is 54.9 Å². The van der Waals surface area contributed by atoms with Crippen molar-refractivity contribution in [1.82, 2.24) is 0 Å². The molecule has 5 heteroatoms. The highest BCUT2D eigenvalue weighted by Gasteiger charge is 2.68. The maximum atomic E-state index is 13.3. The highest BCUT2D eigenvalue weighted by molar-refractivity contribution is 5.92. The summed E-state index contributed by atoms with van der Waals surface area (Å²) in [5, 5.41) is 31.0. The normalized spacial score (nSPS) is 51.6. The molecule has 3 fully saturated rings. The highest BCUT2D eigenvalue weighted by atomic mass is 16.4. The van der Waals surface area contributed by atoms with Gasteiger partial charge in [0.2, 0.25) is 0 Å². The van der Waals surface area contributed by atoms with Gasteiger partial charge in [0, 0.05) is 24.2 Å². The Labute approximate surface area is 154 Å². The van der Waals surface area contributed by atoms with Crippen molar-refractivity contribution in [3.8, 4) is 0 Å². The summed E-state index contributed by atoms with van der Waals surface area (Å²) in [4.78, 5) is 25.2. The molecule has 3 N–H and O–H groups in total. The van der Waals surface area contributed by atoms with Crippen LogP contribution < -0.4 is 0 Å². The molecule has 0 aromatic rings. The number of aliphatic hydroxyl groups is 3. The average molecular weight is 362 g/mol. The van der Waals surface area contributed by atoms with Crippen molar-refractivity contribution in [2.45, 2.75) is 64.1 Å². The van der Waals surface area contributed by atoms with Gasteiger partial charge in [-0.3, -0.25) is 9.59 Å². The first-order chi connectivity index (χ1) is 12.2. The van der Waals surface area contributed by atoms with Crippen LogP contribution in [0.1, 0.15) is 52.4 Å². The Morgan fingerprint density at radius 3 is 2.65 bits per heavy atom. The molecule has 0 spiro atoms. The Morgan fingerprint density at radius 2 is 1.96 bits per heavy atom. The van der Waals surface area contributed by atoms with Crippen LogP contribution in [0, 0.1) is 34.5 Å². The lowest BCUT2D eigenvalue weighted by Gasteiger charge is -2.59. The Balaban J connectivity index is 1.73. The summed E-state index contributed by atoms with van der Waals surface area (Å²) in [6, 6.07) is 0. The highest BCUT2D eigenvalue weighted by Crippen LogP contribution is 2.66.